The van der Waals surface area contributed by atoms with Gasteiger partial charge in [0.05, 0.1) is 0 Å². The molecule has 0 aliphatic carbocycles. The zero-order valence-electron chi connectivity index (χ0n) is 10.2. The summed E-state index contributed by atoms with van der Waals surface area (Å²) < 4.78 is 36.9. The maximum Gasteiger partial charge on any atom is 0.445 e. The Balaban J connectivity index is 2.00. The Bertz CT molecular complexity index is 626. The van der Waals surface area contributed by atoms with Crippen LogP contribution in [0.2, 0.25) is 0 Å². The molecule has 0 aliphatic heterocycles. The minimum Gasteiger partial charge on any atom is -0.308 e. The number of halogens is 3. The Morgan fingerprint density at radius 2 is 2.00 bits per heavy atom. The molecule has 106 valence electrons. The van der Waals surface area contributed by atoms with Gasteiger partial charge in [0.25, 0.3) is 0 Å². The van der Waals surface area contributed by atoms with Crippen molar-refractivity contribution >= 4 is 28.2 Å². The number of carbonyl (C=O) groups excluding carboxylic acids is 1. The normalized spacial score (nSPS) is 11.2. The molecule has 0 aliphatic rings. The molecule has 2 N–H and O–H groups in total. The van der Waals surface area contributed by atoms with Crippen molar-refractivity contribution in [1.29, 1.82) is 0 Å². The second-order valence-electron chi connectivity index (χ2n) is 3.86. The highest BCUT2D eigenvalue weighted by molar-refractivity contribution is 7.15. The number of nitrogens with zero attached hydrogens (tertiary/aromatic N) is 2. The van der Waals surface area contributed by atoms with E-state index in [4.69, 9.17) is 0 Å². The molecule has 9 heteroatoms. The maximum absolute atomic E-state index is 12.3. The lowest BCUT2D eigenvalue weighted by Crippen LogP contribution is -2.19. The second-order valence-corrected chi connectivity index (χ2v) is 4.84. The molecule has 2 rings (SSSR count). The van der Waals surface area contributed by atoms with E-state index < -0.39 is 17.2 Å². The number of anilines is 2. The molecule has 0 saturated heterocycles. The van der Waals surface area contributed by atoms with E-state index >= 15 is 0 Å². The molecule has 0 bridgehead atoms. The van der Waals surface area contributed by atoms with Crippen LogP contribution in [-0.2, 0) is 6.18 Å². The molecule has 1 aromatic carbocycles. The first-order chi connectivity index (χ1) is 9.34. The average Bonchev–Trinajstić information content (AvgIpc) is 2.76. The lowest BCUT2D eigenvalue weighted by atomic mass is 10.2. The van der Waals surface area contributed by atoms with Crippen LogP contribution in [-0.4, -0.2) is 16.2 Å². The van der Waals surface area contributed by atoms with Crippen molar-refractivity contribution in [2.24, 2.45) is 0 Å². The van der Waals surface area contributed by atoms with Crippen LogP contribution in [0.4, 0.5) is 28.8 Å². The first-order valence-corrected chi connectivity index (χ1v) is 6.21. The summed E-state index contributed by atoms with van der Waals surface area (Å²) in [6.07, 6.45) is -4.56. The molecule has 0 unspecified atom stereocenters. The average molecular weight is 302 g/mol. The lowest BCUT2D eigenvalue weighted by Gasteiger charge is -2.05. The van der Waals surface area contributed by atoms with Gasteiger partial charge in [0.15, 0.2) is 0 Å². The van der Waals surface area contributed by atoms with E-state index in [-0.39, 0.29) is 16.5 Å². The van der Waals surface area contributed by atoms with Gasteiger partial charge in [-0.1, -0.05) is 23.5 Å². The van der Waals surface area contributed by atoms with Crippen molar-refractivity contribution in [2.75, 3.05) is 10.6 Å². The van der Waals surface area contributed by atoms with Gasteiger partial charge < -0.3 is 5.32 Å². The van der Waals surface area contributed by atoms with E-state index in [1.165, 1.54) is 0 Å². The fourth-order valence-electron chi connectivity index (χ4n) is 1.37. The number of benzene rings is 1. The molecule has 1 aromatic heterocycles. The molecule has 5 nitrogen and oxygen atoms in total. The molecule has 20 heavy (non-hydrogen) atoms. The third-order valence-electron chi connectivity index (χ3n) is 2.16. The SMILES string of the molecule is Cc1cccc(NC(=O)Nc2nnc(C(F)(F)F)s2)c1. The van der Waals surface area contributed by atoms with E-state index in [1.54, 1.807) is 18.2 Å². The quantitative estimate of drug-likeness (QED) is 0.892. The summed E-state index contributed by atoms with van der Waals surface area (Å²) in [6.45, 7) is 1.85. The Hall–Kier alpha value is -2.16. The predicted octanol–water partition coefficient (Wildman–Crippen LogP) is 3.51. The van der Waals surface area contributed by atoms with Crippen molar-refractivity contribution in [3.05, 3.63) is 34.8 Å². The van der Waals surface area contributed by atoms with Crippen LogP contribution in [0.25, 0.3) is 0 Å². The summed E-state index contributed by atoms with van der Waals surface area (Å²) in [4.78, 5) is 11.6. The topological polar surface area (TPSA) is 66.9 Å². The Morgan fingerprint density at radius 1 is 1.25 bits per heavy atom. The summed E-state index contributed by atoms with van der Waals surface area (Å²) in [7, 11) is 0. The van der Waals surface area contributed by atoms with Crippen LogP contribution in [0.1, 0.15) is 10.6 Å². The molecule has 0 radical (unpaired) electrons. The fourth-order valence-corrected chi connectivity index (χ4v) is 1.98. The smallest absolute Gasteiger partial charge is 0.308 e. The largest absolute Gasteiger partial charge is 0.445 e. The number of aromatic nitrogens is 2. The first kappa shape index (κ1) is 14.3. The van der Waals surface area contributed by atoms with Gasteiger partial charge in [-0.15, -0.1) is 10.2 Å². The summed E-state index contributed by atoms with van der Waals surface area (Å²) in [5.74, 6) is 0. The van der Waals surface area contributed by atoms with E-state index in [2.05, 4.69) is 20.8 Å². The number of hydrogen-bond donors (Lipinski definition) is 2. The van der Waals surface area contributed by atoms with Gasteiger partial charge >= 0.3 is 12.2 Å². The van der Waals surface area contributed by atoms with Crippen molar-refractivity contribution in [3.8, 4) is 0 Å². The third kappa shape index (κ3) is 3.67. The number of rotatable bonds is 2. The van der Waals surface area contributed by atoms with E-state index in [0.717, 1.165) is 5.56 Å². The van der Waals surface area contributed by atoms with Crippen molar-refractivity contribution in [3.63, 3.8) is 0 Å². The fraction of sp³-hybridized carbons (Fsp3) is 0.182. The minimum absolute atomic E-state index is 0.220. The zero-order valence-corrected chi connectivity index (χ0v) is 11.0. The Labute approximate surface area is 115 Å². The third-order valence-corrected chi connectivity index (χ3v) is 3.05. The summed E-state index contributed by atoms with van der Waals surface area (Å²) in [6, 6.07) is 6.30. The number of hydrogen-bond acceptors (Lipinski definition) is 4. The van der Waals surface area contributed by atoms with Crippen molar-refractivity contribution in [2.45, 2.75) is 13.1 Å². The van der Waals surface area contributed by atoms with E-state index in [9.17, 15) is 18.0 Å². The predicted molar refractivity (Wildman–Crippen MR) is 68.7 cm³/mol. The molecule has 1 heterocycles. The maximum atomic E-state index is 12.3. The Morgan fingerprint density at radius 3 is 2.60 bits per heavy atom. The number of aryl methyl sites for hydroxylation is 1. The second kappa shape index (κ2) is 5.45. The van der Waals surface area contributed by atoms with Crippen LogP contribution in [0, 0.1) is 6.92 Å². The molecule has 0 saturated carbocycles. The van der Waals surface area contributed by atoms with Crippen LogP contribution >= 0.6 is 11.3 Å². The molecular weight excluding hydrogens is 293 g/mol. The van der Waals surface area contributed by atoms with Crippen LogP contribution in [0.5, 0.6) is 0 Å². The highest BCUT2D eigenvalue weighted by Gasteiger charge is 2.35. The van der Waals surface area contributed by atoms with Gasteiger partial charge in [-0.05, 0) is 24.6 Å². The number of alkyl halides is 3. The van der Waals surface area contributed by atoms with Gasteiger partial charge in [-0.3, -0.25) is 5.32 Å². The number of nitrogens with one attached hydrogen (secondary N) is 2. The number of carbonyl (C=O) groups is 1. The highest BCUT2D eigenvalue weighted by atomic mass is 32.1. The van der Waals surface area contributed by atoms with E-state index in [1.807, 2.05) is 13.0 Å². The molecule has 2 amide bonds. The minimum atomic E-state index is -4.56. The standard InChI is InChI=1S/C11H9F3N4OS/c1-6-3-2-4-7(5-6)15-9(19)16-10-18-17-8(20-10)11(12,13)14/h2-5H,1H3,(H2,15,16,18,19). The number of urea groups is 1. The summed E-state index contributed by atoms with van der Waals surface area (Å²) >= 11 is 0.263. The van der Waals surface area contributed by atoms with Gasteiger partial charge in [0.2, 0.25) is 10.1 Å². The van der Waals surface area contributed by atoms with Crippen molar-refractivity contribution in [1.82, 2.24) is 10.2 Å². The van der Waals surface area contributed by atoms with E-state index in [0.29, 0.717) is 5.69 Å². The van der Waals surface area contributed by atoms with Crippen molar-refractivity contribution < 1.29 is 18.0 Å². The first-order valence-electron chi connectivity index (χ1n) is 5.40. The van der Waals surface area contributed by atoms with Gasteiger partial charge in [0, 0.05) is 5.69 Å². The molecular formula is C11H9F3N4OS. The zero-order chi connectivity index (χ0) is 14.8. The van der Waals surface area contributed by atoms with Crippen LogP contribution in [0.15, 0.2) is 24.3 Å². The molecule has 0 spiro atoms. The van der Waals surface area contributed by atoms with Gasteiger partial charge in [-0.2, -0.15) is 13.2 Å². The number of amides is 2. The monoisotopic (exact) mass is 302 g/mol. The van der Waals surface area contributed by atoms with Gasteiger partial charge in [-0.25, -0.2) is 4.79 Å². The lowest BCUT2D eigenvalue weighted by molar-refractivity contribution is -0.138. The molecule has 0 fully saturated rings. The Kier molecular flexibility index (Phi) is 3.89. The molecule has 2 aromatic rings. The summed E-state index contributed by atoms with van der Waals surface area (Å²) in [5, 5.41) is 9.58. The highest BCUT2D eigenvalue weighted by Crippen LogP contribution is 2.32. The van der Waals surface area contributed by atoms with Crippen LogP contribution < -0.4 is 10.6 Å². The summed E-state index contributed by atoms with van der Waals surface area (Å²) in [5.41, 5.74) is 1.47. The van der Waals surface area contributed by atoms with Gasteiger partial charge in [0.1, 0.15) is 0 Å². The van der Waals surface area contributed by atoms with Crippen LogP contribution in [0.3, 0.4) is 0 Å². The molecule has 0 atom stereocenters.